The molecule has 1 atom stereocenters. The molecule has 8 nitrogen and oxygen atoms in total. The summed E-state index contributed by atoms with van der Waals surface area (Å²) in [7, 11) is 3.88. The van der Waals surface area contributed by atoms with Crippen LogP contribution in [0.25, 0.3) is 10.8 Å². The smallest absolute Gasteiger partial charge is 0.263 e. The Balaban J connectivity index is 1.85. The Hall–Kier alpha value is -2.78. The summed E-state index contributed by atoms with van der Waals surface area (Å²) in [5.41, 5.74) is 0.400. The number of carbonyl (C=O) groups excluding carboxylic acids is 1. The molecule has 0 fully saturated rings. The van der Waals surface area contributed by atoms with Gasteiger partial charge in [0.05, 0.1) is 6.26 Å². The second-order valence-electron chi connectivity index (χ2n) is 6.54. The van der Waals surface area contributed by atoms with Crippen LogP contribution in [0.2, 0.25) is 0 Å². The summed E-state index contributed by atoms with van der Waals surface area (Å²) in [6, 6.07) is 5.22. The van der Waals surface area contributed by atoms with Crippen LogP contribution in [-0.4, -0.2) is 46.2 Å². The molecule has 0 saturated heterocycles. The van der Waals surface area contributed by atoms with Crippen LogP contribution in [-0.2, 0) is 0 Å². The van der Waals surface area contributed by atoms with Crippen LogP contribution in [0.4, 0.5) is 5.13 Å². The topological polar surface area (TPSA) is 93.3 Å². The monoisotopic (exact) mass is 387 g/mol. The van der Waals surface area contributed by atoms with Crippen molar-refractivity contribution < 1.29 is 9.21 Å². The van der Waals surface area contributed by atoms with Gasteiger partial charge < -0.3 is 13.9 Å². The van der Waals surface area contributed by atoms with E-state index in [4.69, 9.17) is 4.42 Å². The number of rotatable bonds is 6. The molecule has 3 rings (SSSR count). The van der Waals surface area contributed by atoms with E-state index in [0.717, 1.165) is 0 Å². The molecule has 0 bridgehead atoms. The van der Waals surface area contributed by atoms with Gasteiger partial charge in [0, 0.05) is 18.8 Å². The highest BCUT2D eigenvalue weighted by atomic mass is 32.1. The number of hydrogen-bond acceptors (Lipinski definition) is 7. The summed E-state index contributed by atoms with van der Waals surface area (Å²) in [4.78, 5) is 27.6. The van der Waals surface area contributed by atoms with Crippen LogP contribution in [0.1, 0.15) is 28.9 Å². The summed E-state index contributed by atoms with van der Waals surface area (Å²) in [6.45, 7) is 4.37. The van der Waals surface area contributed by atoms with Crippen LogP contribution < -0.4 is 10.9 Å². The Morgan fingerprint density at radius 2 is 2.15 bits per heavy atom. The van der Waals surface area contributed by atoms with Crippen molar-refractivity contribution in [1.82, 2.24) is 19.7 Å². The molecular weight excluding hydrogens is 366 g/mol. The number of nitrogens with one attached hydrogen (secondary N) is 1. The number of nitrogens with zero attached hydrogens (tertiary/aromatic N) is 4. The number of pyridine rings is 1. The summed E-state index contributed by atoms with van der Waals surface area (Å²) in [6.07, 6.45) is 3.27. The number of furan rings is 1. The first-order chi connectivity index (χ1) is 12.9. The predicted molar refractivity (Wildman–Crippen MR) is 104 cm³/mol. The number of hydrogen-bond donors (Lipinski definition) is 1. The molecule has 142 valence electrons. The van der Waals surface area contributed by atoms with E-state index in [1.54, 1.807) is 42.1 Å². The van der Waals surface area contributed by atoms with Crippen molar-refractivity contribution in [3.8, 4) is 10.8 Å². The average molecular weight is 387 g/mol. The van der Waals surface area contributed by atoms with Gasteiger partial charge in [0.2, 0.25) is 5.13 Å². The van der Waals surface area contributed by atoms with Crippen molar-refractivity contribution in [3.63, 3.8) is 0 Å². The second kappa shape index (κ2) is 7.85. The molecule has 3 aromatic heterocycles. The molecule has 0 aliphatic heterocycles. The van der Waals surface area contributed by atoms with Gasteiger partial charge in [0.25, 0.3) is 11.5 Å². The molecule has 0 saturated carbocycles. The molecule has 3 heterocycles. The van der Waals surface area contributed by atoms with Crippen molar-refractivity contribution in [2.75, 3.05) is 26.0 Å². The third-order valence-electron chi connectivity index (χ3n) is 4.04. The van der Waals surface area contributed by atoms with Gasteiger partial charge in [0.1, 0.15) is 5.56 Å². The molecule has 0 aliphatic rings. The molecule has 1 amide bonds. The minimum atomic E-state index is -0.494. The number of likely N-dealkylation sites (N-methyl/N-ethyl adjacent to an activating group) is 1. The third-order valence-corrected chi connectivity index (χ3v) is 4.89. The standard InChI is InChI=1S/C18H21N5O3S/c1-11-7-8-23(12(2)10-22(3)4)17(25)14(11)15(24)19-18-21-20-16(27-18)13-6-5-9-26-13/h5-9,12H,10H2,1-4H3,(H,19,21,24). The highest BCUT2D eigenvalue weighted by molar-refractivity contribution is 7.18. The van der Waals surface area contributed by atoms with Crippen LogP contribution in [0, 0.1) is 6.92 Å². The molecule has 9 heteroatoms. The maximum atomic E-state index is 12.9. The highest BCUT2D eigenvalue weighted by Gasteiger charge is 2.20. The lowest BCUT2D eigenvalue weighted by Crippen LogP contribution is -2.34. The Kier molecular flexibility index (Phi) is 5.52. The lowest BCUT2D eigenvalue weighted by Gasteiger charge is -2.20. The fraction of sp³-hybridized carbons (Fsp3) is 0.333. The van der Waals surface area contributed by atoms with Crippen LogP contribution in [0.5, 0.6) is 0 Å². The third kappa shape index (κ3) is 4.15. The number of aromatic nitrogens is 3. The SMILES string of the molecule is Cc1ccn(C(C)CN(C)C)c(=O)c1C(=O)Nc1nnc(-c2ccco2)s1. The normalized spacial score (nSPS) is 12.3. The summed E-state index contributed by atoms with van der Waals surface area (Å²) in [5, 5.41) is 11.5. The maximum absolute atomic E-state index is 12.9. The average Bonchev–Trinajstić information content (AvgIpc) is 3.25. The first-order valence-electron chi connectivity index (χ1n) is 8.42. The lowest BCUT2D eigenvalue weighted by molar-refractivity contribution is 0.102. The molecule has 27 heavy (non-hydrogen) atoms. The van der Waals surface area contributed by atoms with Crippen LogP contribution in [0.15, 0.2) is 39.9 Å². The quantitative estimate of drug-likeness (QED) is 0.699. The molecule has 0 radical (unpaired) electrons. The number of anilines is 1. The van der Waals surface area contributed by atoms with Crippen LogP contribution in [0.3, 0.4) is 0 Å². The van der Waals surface area contributed by atoms with Crippen LogP contribution >= 0.6 is 11.3 Å². The molecule has 1 unspecified atom stereocenters. The largest absolute Gasteiger partial charge is 0.462 e. The zero-order valence-corrected chi connectivity index (χ0v) is 16.4. The lowest BCUT2D eigenvalue weighted by atomic mass is 10.1. The van der Waals surface area contributed by atoms with Gasteiger partial charge in [-0.1, -0.05) is 11.3 Å². The predicted octanol–water partition coefficient (Wildman–Crippen LogP) is 2.64. The zero-order chi connectivity index (χ0) is 19.6. The Morgan fingerprint density at radius 1 is 1.37 bits per heavy atom. The summed E-state index contributed by atoms with van der Waals surface area (Å²) in [5.74, 6) is 0.0785. The first kappa shape index (κ1) is 19.0. The summed E-state index contributed by atoms with van der Waals surface area (Å²) >= 11 is 1.18. The van der Waals surface area contributed by atoms with E-state index in [1.807, 2.05) is 25.9 Å². The molecule has 0 aliphatic carbocycles. The van der Waals surface area contributed by atoms with E-state index in [0.29, 0.717) is 28.0 Å². The van der Waals surface area contributed by atoms with Gasteiger partial charge in [-0.3, -0.25) is 14.9 Å². The van der Waals surface area contributed by atoms with E-state index >= 15 is 0 Å². The molecule has 0 aromatic carbocycles. The van der Waals surface area contributed by atoms with E-state index in [2.05, 4.69) is 15.5 Å². The van der Waals surface area contributed by atoms with Gasteiger partial charge in [-0.2, -0.15) is 0 Å². The van der Waals surface area contributed by atoms with E-state index in [1.165, 1.54) is 11.3 Å². The minimum Gasteiger partial charge on any atom is -0.462 e. The number of carbonyl (C=O) groups is 1. The minimum absolute atomic E-state index is 0.0632. The zero-order valence-electron chi connectivity index (χ0n) is 15.6. The number of amides is 1. The van der Waals surface area contributed by atoms with E-state index in [-0.39, 0.29) is 17.2 Å². The fourth-order valence-corrected chi connectivity index (χ4v) is 3.52. The number of aryl methyl sites for hydroxylation is 1. The van der Waals surface area contributed by atoms with Gasteiger partial charge in [-0.25, -0.2) is 0 Å². The van der Waals surface area contributed by atoms with E-state index < -0.39 is 5.91 Å². The molecule has 0 spiro atoms. The fourth-order valence-electron chi connectivity index (χ4n) is 2.81. The van der Waals surface area contributed by atoms with Gasteiger partial charge >= 0.3 is 0 Å². The summed E-state index contributed by atoms with van der Waals surface area (Å²) < 4.78 is 6.85. The highest BCUT2D eigenvalue weighted by Crippen LogP contribution is 2.26. The van der Waals surface area contributed by atoms with Gasteiger partial charge in [-0.15, -0.1) is 10.2 Å². The Morgan fingerprint density at radius 3 is 2.81 bits per heavy atom. The Bertz CT molecular complexity index is 991. The van der Waals surface area contributed by atoms with Gasteiger partial charge in [-0.05, 0) is 51.7 Å². The maximum Gasteiger partial charge on any atom is 0.263 e. The van der Waals surface area contributed by atoms with Gasteiger partial charge in [0.15, 0.2) is 10.8 Å². The molecular formula is C18H21N5O3S. The second-order valence-corrected chi connectivity index (χ2v) is 7.52. The molecule has 1 N–H and O–H groups in total. The first-order valence-corrected chi connectivity index (χ1v) is 9.23. The van der Waals surface area contributed by atoms with Crippen molar-refractivity contribution in [2.24, 2.45) is 0 Å². The Labute approximate surface area is 160 Å². The van der Waals surface area contributed by atoms with Crippen molar-refractivity contribution in [1.29, 1.82) is 0 Å². The molecule has 3 aromatic rings. The van der Waals surface area contributed by atoms with Crippen molar-refractivity contribution in [3.05, 3.63) is 52.1 Å². The van der Waals surface area contributed by atoms with E-state index in [9.17, 15) is 9.59 Å². The van der Waals surface area contributed by atoms with Crippen molar-refractivity contribution >= 4 is 22.4 Å². The van der Waals surface area contributed by atoms with Crippen molar-refractivity contribution in [2.45, 2.75) is 19.9 Å².